The average molecular weight is 364 g/mol. The third-order valence-corrected chi connectivity index (χ3v) is 5.46. The Morgan fingerprint density at radius 2 is 2.40 bits per heavy atom. The zero-order chi connectivity index (χ0) is 17.3. The van der Waals surface area contributed by atoms with Crippen LogP contribution in [0.3, 0.4) is 0 Å². The van der Waals surface area contributed by atoms with E-state index in [1.165, 1.54) is 11.3 Å². The molecule has 2 atom stereocenters. The summed E-state index contributed by atoms with van der Waals surface area (Å²) in [5.41, 5.74) is 1.91. The second-order valence-electron chi connectivity index (χ2n) is 6.68. The van der Waals surface area contributed by atoms with E-state index in [-0.39, 0.29) is 17.9 Å². The lowest BCUT2D eigenvalue weighted by Crippen LogP contribution is -2.40. The van der Waals surface area contributed by atoms with Gasteiger partial charge in [-0.1, -0.05) is 5.16 Å². The monoisotopic (exact) mass is 364 g/mol. The lowest BCUT2D eigenvalue weighted by molar-refractivity contribution is -0.115. The second-order valence-corrected chi connectivity index (χ2v) is 7.40. The summed E-state index contributed by atoms with van der Waals surface area (Å²) in [6.07, 6.45) is 3.19. The fourth-order valence-corrected chi connectivity index (χ4v) is 4.00. The molecule has 4 rings (SSSR count). The molecule has 4 heterocycles. The third kappa shape index (κ3) is 3.38. The minimum Gasteiger partial charge on any atom is -0.386 e. The summed E-state index contributed by atoms with van der Waals surface area (Å²) >= 11 is 1.39. The minimum absolute atomic E-state index is 0.0959. The van der Waals surface area contributed by atoms with Crippen molar-refractivity contribution in [2.45, 2.75) is 37.4 Å². The van der Waals surface area contributed by atoms with Crippen molar-refractivity contribution in [3.8, 4) is 0 Å². The van der Waals surface area contributed by atoms with Gasteiger partial charge >= 0.3 is 0 Å². The van der Waals surface area contributed by atoms with Crippen LogP contribution in [-0.2, 0) is 14.4 Å². The largest absolute Gasteiger partial charge is 0.386 e. The van der Waals surface area contributed by atoms with E-state index in [1.807, 2.05) is 0 Å². The molecule has 2 fully saturated rings. The molecule has 0 radical (unpaired) electrons. The number of hydrogen-bond donors (Lipinski definition) is 1. The molecule has 2 amide bonds. The van der Waals surface area contributed by atoms with Gasteiger partial charge in [0.15, 0.2) is 5.60 Å². The normalized spacial score (nSPS) is 28.2. The zero-order valence-corrected chi connectivity index (χ0v) is 14.6. The summed E-state index contributed by atoms with van der Waals surface area (Å²) in [7, 11) is 0. The van der Waals surface area contributed by atoms with Gasteiger partial charge in [-0.15, -0.1) is 11.3 Å². The van der Waals surface area contributed by atoms with Crippen LogP contribution in [0.2, 0.25) is 0 Å². The number of ether oxygens (including phenoxy) is 1. The number of hydrogen-bond acceptors (Lipinski definition) is 7. The first-order valence-electron chi connectivity index (χ1n) is 8.48. The highest BCUT2D eigenvalue weighted by molar-refractivity contribution is 7.07. The maximum absolute atomic E-state index is 12.4. The van der Waals surface area contributed by atoms with Crippen molar-refractivity contribution in [1.29, 1.82) is 0 Å². The number of aromatic nitrogens is 1. The van der Waals surface area contributed by atoms with Crippen molar-refractivity contribution in [2.24, 2.45) is 5.16 Å². The fourth-order valence-electron chi connectivity index (χ4n) is 3.47. The van der Waals surface area contributed by atoms with Crippen molar-refractivity contribution < 1.29 is 19.2 Å². The van der Waals surface area contributed by atoms with Crippen molar-refractivity contribution >= 4 is 28.9 Å². The Hall–Kier alpha value is -2.00. The van der Waals surface area contributed by atoms with E-state index in [9.17, 15) is 9.59 Å². The van der Waals surface area contributed by atoms with Gasteiger partial charge in [0.05, 0.1) is 18.2 Å². The molecule has 8 nitrogen and oxygen atoms in total. The summed E-state index contributed by atoms with van der Waals surface area (Å²) in [6.45, 7) is 2.27. The predicted molar refractivity (Wildman–Crippen MR) is 90.5 cm³/mol. The minimum atomic E-state index is -0.581. The Morgan fingerprint density at radius 3 is 3.16 bits per heavy atom. The van der Waals surface area contributed by atoms with Gasteiger partial charge in [-0.25, -0.2) is 4.98 Å². The molecule has 0 saturated carbocycles. The van der Waals surface area contributed by atoms with Crippen LogP contribution in [0.15, 0.2) is 16.0 Å². The van der Waals surface area contributed by atoms with E-state index in [1.54, 1.807) is 15.8 Å². The number of amides is 2. The predicted octanol–water partition coefficient (Wildman–Crippen LogP) is 0.799. The number of oxime groups is 1. The summed E-state index contributed by atoms with van der Waals surface area (Å²) in [5, 5.41) is 8.59. The molecule has 3 aliphatic rings. The first-order valence-corrected chi connectivity index (χ1v) is 9.42. The van der Waals surface area contributed by atoms with Crippen LogP contribution in [0.5, 0.6) is 0 Å². The number of carbonyl (C=O) groups excluding carboxylic acids is 2. The molecule has 2 saturated heterocycles. The Labute approximate surface area is 149 Å². The van der Waals surface area contributed by atoms with Crippen molar-refractivity contribution in [3.63, 3.8) is 0 Å². The number of likely N-dealkylation sites (tertiary alicyclic amines) is 1. The molecule has 1 N–H and O–H groups in total. The maximum Gasteiger partial charge on any atom is 0.273 e. The molecule has 0 aromatic carbocycles. The molecule has 134 valence electrons. The maximum atomic E-state index is 12.4. The van der Waals surface area contributed by atoms with E-state index in [4.69, 9.17) is 9.57 Å². The summed E-state index contributed by atoms with van der Waals surface area (Å²) in [5.74, 6) is -0.310. The smallest absolute Gasteiger partial charge is 0.273 e. The highest BCUT2D eigenvalue weighted by Gasteiger charge is 2.48. The number of thiazole rings is 1. The summed E-state index contributed by atoms with van der Waals surface area (Å²) in [4.78, 5) is 36.0. The second kappa shape index (κ2) is 6.72. The van der Waals surface area contributed by atoms with Crippen LogP contribution in [0.1, 0.15) is 36.2 Å². The van der Waals surface area contributed by atoms with Gasteiger partial charge in [-0.2, -0.15) is 0 Å². The van der Waals surface area contributed by atoms with Crippen molar-refractivity contribution in [3.05, 3.63) is 16.6 Å². The average Bonchev–Trinajstić information content (AvgIpc) is 3.41. The van der Waals surface area contributed by atoms with Gasteiger partial charge in [0.2, 0.25) is 0 Å². The summed E-state index contributed by atoms with van der Waals surface area (Å²) < 4.78 is 5.50. The molecule has 3 aliphatic heterocycles. The van der Waals surface area contributed by atoms with Crippen LogP contribution in [0.25, 0.3) is 0 Å². The van der Waals surface area contributed by atoms with Gasteiger partial charge in [-0.3, -0.25) is 9.59 Å². The Morgan fingerprint density at radius 1 is 1.48 bits per heavy atom. The number of nitrogens with one attached hydrogen (secondary N) is 1. The van der Waals surface area contributed by atoms with E-state index in [0.717, 1.165) is 19.4 Å². The fraction of sp³-hybridized carbons (Fsp3) is 0.625. The van der Waals surface area contributed by atoms with Crippen molar-refractivity contribution in [2.75, 3.05) is 26.2 Å². The lowest BCUT2D eigenvalue weighted by atomic mass is 9.96. The quantitative estimate of drug-likeness (QED) is 0.853. The van der Waals surface area contributed by atoms with Crippen LogP contribution in [0.4, 0.5) is 0 Å². The highest BCUT2D eigenvalue weighted by atomic mass is 32.1. The van der Waals surface area contributed by atoms with Gasteiger partial charge in [0, 0.05) is 37.9 Å². The van der Waals surface area contributed by atoms with Crippen molar-refractivity contribution in [1.82, 2.24) is 15.2 Å². The van der Waals surface area contributed by atoms with Crippen LogP contribution < -0.4 is 5.32 Å². The molecule has 1 aromatic heterocycles. The molecule has 25 heavy (non-hydrogen) atoms. The van der Waals surface area contributed by atoms with Crippen LogP contribution >= 0.6 is 11.3 Å². The zero-order valence-electron chi connectivity index (χ0n) is 13.8. The van der Waals surface area contributed by atoms with E-state index in [2.05, 4.69) is 15.5 Å². The molecule has 1 aromatic rings. The first kappa shape index (κ1) is 16.5. The number of rotatable bonds is 4. The molecule has 0 unspecified atom stereocenters. The molecule has 1 spiro atoms. The summed E-state index contributed by atoms with van der Waals surface area (Å²) in [6, 6.07) is 0. The molecule has 9 heteroatoms. The first-order chi connectivity index (χ1) is 12.2. The van der Waals surface area contributed by atoms with E-state index < -0.39 is 5.60 Å². The van der Waals surface area contributed by atoms with Gasteiger partial charge in [0.25, 0.3) is 11.8 Å². The van der Waals surface area contributed by atoms with Gasteiger partial charge in [0.1, 0.15) is 11.4 Å². The lowest BCUT2D eigenvalue weighted by Gasteiger charge is -2.21. The number of nitrogens with zero attached hydrogens (tertiary/aromatic N) is 3. The Kier molecular flexibility index (Phi) is 4.43. The SMILES string of the molecule is O=C(NC[C@H]1CCCO1)C1=NO[C@@]2(CCN(C(=O)c3cscn3)C2)C1. The van der Waals surface area contributed by atoms with Crippen LogP contribution in [-0.4, -0.2) is 65.4 Å². The standard InChI is InChI=1S/C16H20N4O4S/c21-14(17-7-11-2-1-5-23-11)12-6-16(24-19-12)3-4-20(9-16)15(22)13-8-25-10-18-13/h8,10-11H,1-7,9H2,(H,17,21)/t11-,16+/m1/s1. The highest BCUT2D eigenvalue weighted by Crippen LogP contribution is 2.34. The Bertz CT molecular complexity index is 686. The Balaban J connectivity index is 1.30. The van der Waals surface area contributed by atoms with E-state index >= 15 is 0 Å². The molecular formula is C16H20N4O4S. The van der Waals surface area contributed by atoms with Crippen LogP contribution in [0, 0.1) is 0 Å². The molecular weight excluding hydrogens is 344 g/mol. The molecule has 0 bridgehead atoms. The van der Waals surface area contributed by atoms with E-state index in [0.29, 0.717) is 43.9 Å². The third-order valence-electron chi connectivity index (χ3n) is 4.87. The van der Waals surface area contributed by atoms with Gasteiger partial charge in [-0.05, 0) is 12.8 Å². The number of carbonyl (C=O) groups is 2. The van der Waals surface area contributed by atoms with Gasteiger partial charge < -0.3 is 19.8 Å². The topological polar surface area (TPSA) is 93.1 Å². The molecule has 0 aliphatic carbocycles.